The third-order valence-electron chi connectivity index (χ3n) is 6.22. The Hall–Kier alpha value is -4.11. The van der Waals surface area contributed by atoms with Crippen LogP contribution in [0.1, 0.15) is 11.1 Å². The molecule has 0 saturated carbocycles. The molecule has 1 aliphatic carbocycles. The van der Waals surface area contributed by atoms with Crippen molar-refractivity contribution >= 4 is 61.8 Å². The highest BCUT2D eigenvalue weighted by Crippen LogP contribution is 2.36. The van der Waals surface area contributed by atoms with Crippen molar-refractivity contribution in [1.82, 2.24) is 0 Å². The van der Waals surface area contributed by atoms with Crippen LogP contribution in [0.4, 0.5) is 11.4 Å². The van der Waals surface area contributed by atoms with E-state index in [2.05, 4.69) is 102 Å². The highest BCUT2D eigenvalue weighted by atomic mass is 15.3. The third kappa shape index (κ3) is 2.78. The molecule has 2 N–H and O–H groups in total. The van der Waals surface area contributed by atoms with Crippen LogP contribution in [0.5, 0.6) is 0 Å². The SMILES string of the molecule is CN(C(=N)Nc1ccc2c3c(cccc13)C=C2)c1cccc2cc3ccccc3cc12. The number of benzene rings is 5. The lowest BCUT2D eigenvalue weighted by molar-refractivity contribution is 1.23. The minimum Gasteiger partial charge on any atom is -0.326 e. The van der Waals surface area contributed by atoms with Gasteiger partial charge < -0.3 is 10.2 Å². The first-order valence-corrected chi connectivity index (χ1v) is 10.4. The van der Waals surface area contributed by atoms with E-state index in [4.69, 9.17) is 5.41 Å². The topological polar surface area (TPSA) is 39.1 Å². The van der Waals surface area contributed by atoms with Gasteiger partial charge in [-0.25, -0.2) is 0 Å². The molecule has 0 fully saturated rings. The van der Waals surface area contributed by atoms with Crippen LogP contribution in [0.3, 0.4) is 0 Å². The second kappa shape index (κ2) is 6.71. The monoisotopic (exact) mass is 399 g/mol. The molecular weight excluding hydrogens is 378 g/mol. The molecule has 0 spiro atoms. The fourth-order valence-electron chi connectivity index (χ4n) is 4.60. The zero-order chi connectivity index (χ0) is 20.9. The normalized spacial score (nSPS) is 12.0. The summed E-state index contributed by atoms with van der Waals surface area (Å²) in [5.41, 5.74) is 4.43. The molecule has 0 heterocycles. The van der Waals surface area contributed by atoms with Crippen LogP contribution in [0.25, 0.3) is 44.5 Å². The van der Waals surface area contributed by atoms with Crippen LogP contribution in [-0.2, 0) is 0 Å². The standard InChI is InChI=1S/C28H21N3/c1-31(26-11-5-9-22-16-20-6-2-3-7-21(20)17-24(22)26)28(29)30-25-15-14-19-13-12-18-8-4-10-23(25)27(18)19/h2-17H,1H3,(H2,29,30). The molecule has 3 nitrogen and oxygen atoms in total. The van der Waals surface area contributed by atoms with Crippen molar-refractivity contribution in [3.63, 3.8) is 0 Å². The average molecular weight is 399 g/mol. The van der Waals surface area contributed by atoms with Crippen molar-refractivity contribution in [2.45, 2.75) is 0 Å². The summed E-state index contributed by atoms with van der Waals surface area (Å²) in [6.07, 6.45) is 4.30. The van der Waals surface area contributed by atoms with Gasteiger partial charge in [0.15, 0.2) is 5.96 Å². The fourth-order valence-corrected chi connectivity index (χ4v) is 4.60. The van der Waals surface area contributed by atoms with E-state index in [9.17, 15) is 0 Å². The first-order valence-electron chi connectivity index (χ1n) is 10.4. The van der Waals surface area contributed by atoms with Gasteiger partial charge in [-0.2, -0.15) is 0 Å². The Morgan fingerprint density at radius 1 is 0.710 bits per heavy atom. The van der Waals surface area contributed by atoms with Crippen molar-refractivity contribution < 1.29 is 0 Å². The van der Waals surface area contributed by atoms with Crippen molar-refractivity contribution in [3.8, 4) is 0 Å². The molecule has 1 aliphatic rings. The number of fused-ring (bicyclic) bond motifs is 2. The Labute approximate surface area is 180 Å². The van der Waals surface area contributed by atoms with Gasteiger partial charge in [0.05, 0.1) is 5.69 Å². The zero-order valence-electron chi connectivity index (χ0n) is 17.2. The number of guanidine groups is 1. The Balaban J connectivity index is 1.40. The first kappa shape index (κ1) is 17.7. The molecule has 0 bridgehead atoms. The Kier molecular flexibility index (Phi) is 3.84. The van der Waals surface area contributed by atoms with Gasteiger partial charge in [-0.15, -0.1) is 0 Å². The molecule has 5 aromatic rings. The molecule has 0 aromatic heterocycles. The Morgan fingerprint density at radius 3 is 2.26 bits per heavy atom. The fraction of sp³-hybridized carbons (Fsp3) is 0.0357. The maximum Gasteiger partial charge on any atom is 0.199 e. The van der Waals surface area contributed by atoms with Gasteiger partial charge in [-0.3, -0.25) is 5.41 Å². The van der Waals surface area contributed by atoms with Gasteiger partial charge >= 0.3 is 0 Å². The largest absolute Gasteiger partial charge is 0.326 e. The van der Waals surface area contributed by atoms with Crippen LogP contribution < -0.4 is 10.2 Å². The van der Waals surface area contributed by atoms with Crippen LogP contribution in [-0.4, -0.2) is 13.0 Å². The molecule has 0 unspecified atom stereocenters. The summed E-state index contributed by atoms with van der Waals surface area (Å²) in [7, 11) is 1.95. The Morgan fingerprint density at radius 2 is 1.42 bits per heavy atom. The van der Waals surface area contributed by atoms with Gasteiger partial charge in [-0.05, 0) is 56.9 Å². The van der Waals surface area contributed by atoms with Gasteiger partial charge in [0.25, 0.3) is 0 Å². The average Bonchev–Trinajstić information content (AvgIpc) is 3.23. The lowest BCUT2D eigenvalue weighted by Gasteiger charge is -2.23. The number of nitrogens with one attached hydrogen (secondary N) is 2. The number of hydrogen-bond donors (Lipinski definition) is 2. The van der Waals surface area contributed by atoms with Crippen molar-refractivity contribution in [2.24, 2.45) is 0 Å². The summed E-state index contributed by atoms with van der Waals surface area (Å²) in [5.74, 6) is 0.340. The van der Waals surface area contributed by atoms with E-state index in [1.807, 2.05) is 11.9 Å². The highest BCUT2D eigenvalue weighted by molar-refractivity contribution is 6.15. The number of hydrogen-bond acceptors (Lipinski definition) is 1. The summed E-state index contributed by atoms with van der Waals surface area (Å²) >= 11 is 0. The number of rotatable bonds is 2. The predicted molar refractivity (Wildman–Crippen MR) is 134 cm³/mol. The summed E-state index contributed by atoms with van der Waals surface area (Å²) in [5, 5.41) is 19.3. The van der Waals surface area contributed by atoms with Crippen molar-refractivity contribution in [3.05, 3.63) is 96.1 Å². The lowest BCUT2D eigenvalue weighted by Crippen LogP contribution is -2.32. The molecule has 0 aliphatic heterocycles. The minimum atomic E-state index is 0.340. The van der Waals surface area contributed by atoms with Crippen molar-refractivity contribution in [1.29, 1.82) is 5.41 Å². The second-order valence-electron chi connectivity index (χ2n) is 8.04. The summed E-state index contributed by atoms with van der Waals surface area (Å²) in [6, 6.07) is 29.6. The van der Waals surface area contributed by atoms with Gasteiger partial charge in [0, 0.05) is 23.5 Å². The molecule has 6 rings (SSSR count). The first-order chi connectivity index (χ1) is 15.2. The molecule has 0 amide bonds. The third-order valence-corrected chi connectivity index (χ3v) is 6.22. The molecule has 0 atom stereocenters. The molecule has 148 valence electrons. The van der Waals surface area contributed by atoms with Gasteiger partial charge in [0.1, 0.15) is 0 Å². The molecule has 31 heavy (non-hydrogen) atoms. The molecular formula is C28H21N3. The van der Waals surface area contributed by atoms with Crippen LogP contribution in [0, 0.1) is 5.41 Å². The molecule has 0 saturated heterocycles. The number of nitrogens with zero attached hydrogens (tertiary/aromatic N) is 1. The van der Waals surface area contributed by atoms with E-state index in [-0.39, 0.29) is 0 Å². The van der Waals surface area contributed by atoms with Gasteiger partial charge in [-0.1, -0.05) is 72.8 Å². The van der Waals surface area contributed by atoms with E-state index < -0.39 is 0 Å². The predicted octanol–water partition coefficient (Wildman–Crippen LogP) is 7.11. The summed E-state index contributed by atoms with van der Waals surface area (Å²) < 4.78 is 0. The van der Waals surface area contributed by atoms with Crippen LogP contribution >= 0.6 is 0 Å². The highest BCUT2D eigenvalue weighted by Gasteiger charge is 2.15. The van der Waals surface area contributed by atoms with Gasteiger partial charge in [0.2, 0.25) is 0 Å². The maximum atomic E-state index is 8.81. The summed E-state index contributed by atoms with van der Waals surface area (Å²) in [4.78, 5) is 1.92. The maximum absolute atomic E-state index is 8.81. The van der Waals surface area contributed by atoms with Crippen LogP contribution in [0.15, 0.2) is 84.9 Å². The van der Waals surface area contributed by atoms with E-state index in [1.54, 1.807) is 0 Å². The molecule has 3 heteroatoms. The van der Waals surface area contributed by atoms with Crippen molar-refractivity contribution in [2.75, 3.05) is 17.3 Å². The van der Waals surface area contributed by atoms with Crippen LogP contribution in [0.2, 0.25) is 0 Å². The second-order valence-corrected chi connectivity index (χ2v) is 8.04. The summed E-state index contributed by atoms with van der Waals surface area (Å²) in [6.45, 7) is 0. The van der Waals surface area contributed by atoms with E-state index in [0.29, 0.717) is 5.96 Å². The Bertz CT molecular complexity index is 1530. The van der Waals surface area contributed by atoms with E-state index in [0.717, 1.165) is 22.1 Å². The minimum absolute atomic E-state index is 0.340. The molecule has 5 aromatic carbocycles. The smallest absolute Gasteiger partial charge is 0.199 e. The lowest BCUT2D eigenvalue weighted by atomic mass is 10.0. The van der Waals surface area contributed by atoms with E-state index in [1.165, 1.54) is 32.7 Å². The molecule has 0 radical (unpaired) electrons. The quantitative estimate of drug-likeness (QED) is 0.185. The zero-order valence-corrected chi connectivity index (χ0v) is 17.2. The number of anilines is 2. The van der Waals surface area contributed by atoms with E-state index >= 15 is 0 Å².